The van der Waals surface area contributed by atoms with Crippen LogP contribution in [0.4, 0.5) is 8.78 Å². The number of hydrogen-bond donors (Lipinski definition) is 0. The fraction of sp³-hybridized carbons (Fsp3) is 0.667. The highest BCUT2D eigenvalue weighted by atomic mass is 19.1. The van der Waals surface area contributed by atoms with Crippen LogP contribution in [0.3, 0.4) is 0 Å². The predicted molar refractivity (Wildman–Crippen MR) is 184 cm³/mol. The van der Waals surface area contributed by atoms with Crippen LogP contribution in [-0.2, 0) is 6.42 Å². The summed E-state index contributed by atoms with van der Waals surface area (Å²) in [6.07, 6.45) is 28.5. The van der Waals surface area contributed by atoms with Crippen molar-refractivity contribution in [2.75, 3.05) is 0 Å². The van der Waals surface area contributed by atoms with Gasteiger partial charge in [0.1, 0.15) is 11.6 Å². The Hall–Kier alpha value is -1.96. The maximum Gasteiger partial charge on any atom is 0.130 e. The third-order valence-corrected chi connectivity index (χ3v) is 11.9. The van der Waals surface area contributed by atoms with Crippen molar-refractivity contribution in [3.05, 3.63) is 76.4 Å². The number of hydrogen-bond acceptors (Lipinski definition) is 0. The van der Waals surface area contributed by atoms with Crippen LogP contribution < -0.4 is 0 Å². The van der Waals surface area contributed by atoms with Gasteiger partial charge in [-0.2, -0.15) is 0 Å². The summed E-state index contributed by atoms with van der Waals surface area (Å²) < 4.78 is 30.2. The average Bonchev–Trinajstić information content (AvgIpc) is 3.06. The van der Waals surface area contributed by atoms with Gasteiger partial charge in [-0.1, -0.05) is 108 Å². The molecule has 1 unspecified atom stereocenters. The molecule has 0 amide bonds. The largest absolute Gasteiger partial charge is 0.207 e. The standard InChI is InChI=1S/C42H60F2/c1-3-5-7-8-10-11-31-13-15-32(16-14-31)33-17-19-34(20-18-33)39-27-28-40(42(44)30-39)36-23-21-35(22-24-36)38-26-25-37(41(43)29-38)12-9-6-4-2/h23,25-35H,3-22,24H2,1-2H3. The van der Waals surface area contributed by atoms with Crippen molar-refractivity contribution in [1.29, 1.82) is 0 Å². The summed E-state index contributed by atoms with van der Waals surface area (Å²) in [4.78, 5) is 0. The van der Waals surface area contributed by atoms with Crippen LogP contribution in [0.2, 0.25) is 0 Å². The highest BCUT2D eigenvalue weighted by Crippen LogP contribution is 2.45. The lowest BCUT2D eigenvalue weighted by molar-refractivity contribution is 0.155. The molecule has 0 spiro atoms. The van der Waals surface area contributed by atoms with Crippen molar-refractivity contribution < 1.29 is 8.78 Å². The Kier molecular flexibility index (Phi) is 13.0. The monoisotopic (exact) mass is 602 g/mol. The van der Waals surface area contributed by atoms with Gasteiger partial charge in [-0.3, -0.25) is 0 Å². The second kappa shape index (κ2) is 17.1. The smallest absolute Gasteiger partial charge is 0.130 e. The molecule has 0 radical (unpaired) electrons. The Labute approximate surface area is 268 Å². The molecule has 2 saturated carbocycles. The van der Waals surface area contributed by atoms with Crippen LogP contribution in [0.5, 0.6) is 0 Å². The first-order valence-corrected chi connectivity index (χ1v) is 18.8. The molecule has 2 heteroatoms. The Morgan fingerprint density at radius 3 is 1.91 bits per heavy atom. The summed E-state index contributed by atoms with van der Waals surface area (Å²) in [5, 5.41) is 0. The fourth-order valence-electron chi connectivity index (χ4n) is 8.92. The van der Waals surface area contributed by atoms with Crippen molar-refractivity contribution in [1.82, 2.24) is 0 Å². The van der Waals surface area contributed by atoms with Gasteiger partial charge in [0.25, 0.3) is 0 Å². The molecule has 2 fully saturated rings. The van der Waals surface area contributed by atoms with Gasteiger partial charge in [-0.25, -0.2) is 8.78 Å². The lowest BCUT2D eigenvalue weighted by atomic mass is 9.68. The van der Waals surface area contributed by atoms with E-state index >= 15 is 4.39 Å². The van der Waals surface area contributed by atoms with E-state index in [-0.39, 0.29) is 11.6 Å². The highest BCUT2D eigenvalue weighted by molar-refractivity contribution is 5.67. The first-order valence-electron chi connectivity index (χ1n) is 18.8. The van der Waals surface area contributed by atoms with E-state index in [2.05, 4.69) is 38.1 Å². The number of allylic oxidation sites excluding steroid dienone is 2. The van der Waals surface area contributed by atoms with Gasteiger partial charge in [-0.15, -0.1) is 0 Å². The lowest BCUT2D eigenvalue weighted by Gasteiger charge is -2.38. The van der Waals surface area contributed by atoms with E-state index in [9.17, 15) is 4.39 Å². The van der Waals surface area contributed by atoms with Gasteiger partial charge in [0, 0.05) is 5.56 Å². The Morgan fingerprint density at radius 1 is 0.614 bits per heavy atom. The van der Waals surface area contributed by atoms with Gasteiger partial charge < -0.3 is 0 Å². The zero-order valence-corrected chi connectivity index (χ0v) is 28.0. The Balaban J connectivity index is 1.07. The molecular formula is C42H60F2. The normalized spacial score (nSPS) is 26.0. The minimum absolute atomic E-state index is 0.0511. The van der Waals surface area contributed by atoms with E-state index < -0.39 is 0 Å². The van der Waals surface area contributed by atoms with Crippen LogP contribution >= 0.6 is 0 Å². The summed E-state index contributed by atoms with van der Waals surface area (Å²) in [5.41, 5.74) is 5.05. The molecule has 44 heavy (non-hydrogen) atoms. The van der Waals surface area contributed by atoms with E-state index in [0.29, 0.717) is 11.8 Å². The molecule has 0 heterocycles. The Bertz CT molecular complexity index is 1180. The molecule has 0 aliphatic heterocycles. The molecule has 0 saturated heterocycles. The third-order valence-electron chi connectivity index (χ3n) is 11.9. The van der Waals surface area contributed by atoms with Crippen molar-refractivity contribution in [2.24, 2.45) is 17.8 Å². The number of halogens is 2. The second-order valence-electron chi connectivity index (χ2n) is 14.8. The highest BCUT2D eigenvalue weighted by Gasteiger charge is 2.31. The quantitative estimate of drug-likeness (QED) is 0.189. The molecule has 0 N–H and O–H groups in total. The summed E-state index contributed by atoms with van der Waals surface area (Å²) in [6, 6.07) is 12.0. The molecule has 2 aromatic carbocycles. The number of benzene rings is 2. The molecule has 2 aromatic rings. The summed E-state index contributed by atoms with van der Waals surface area (Å²) in [5.74, 6) is 3.55. The molecule has 1 atom stereocenters. The maximum absolute atomic E-state index is 15.5. The molecular weight excluding hydrogens is 542 g/mol. The van der Waals surface area contributed by atoms with Crippen molar-refractivity contribution in [3.8, 4) is 0 Å². The zero-order valence-electron chi connectivity index (χ0n) is 28.0. The SMILES string of the molecule is CCCCCCCC1CCC(C2CCC(c3ccc(C4=CCC(c5ccc(CCCCC)c(F)c5)CC4)c(F)c3)CC2)CC1. The number of rotatable bonds is 14. The minimum Gasteiger partial charge on any atom is -0.207 e. The van der Waals surface area contributed by atoms with E-state index in [0.717, 1.165) is 85.0 Å². The van der Waals surface area contributed by atoms with E-state index in [1.165, 1.54) is 95.5 Å². The van der Waals surface area contributed by atoms with Crippen molar-refractivity contribution in [3.63, 3.8) is 0 Å². The Morgan fingerprint density at radius 2 is 1.25 bits per heavy atom. The maximum atomic E-state index is 15.5. The van der Waals surface area contributed by atoms with Gasteiger partial charge in [-0.05, 0) is 135 Å². The topological polar surface area (TPSA) is 0 Å². The fourth-order valence-corrected chi connectivity index (χ4v) is 8.92. The van der Waals surface area contributed by atoms with E-state index in [4.69, 9.17) is 0 Å². The average molecular weight is 603 g/mol. The van der Waals surface area contributed by atoms with Gasteiger partial charge >= 0.3 is 0 Å². The summed E-state index contributed by atoms with van der Waals surface area (Å²) >= 11 is 0. The molecule has 242 valence electrons. The molecule has 3 aliphatic carbocycles. The van der Waals surface area contributed by atoms with Crippen molar-refractivity contribution in [2.45, 2.75) is 161 Å². The molecule has 3 aliphatic rings. The summed E-state index contributed by atoms with van der Waals surface area (Å²) in [7, 11) is 0. The van der Waals surface area contributed by atoms with Gasteiger partial charge in [0.05, 0.1) is 0 Å². The van der Waals surface area contributed by atoms with E-state index in [1.807, 2.05) is 12.1 Å². The van der Waals surface area contributed by atoms with Gasteiger partial charge in [0.2, 0.25) is 0 Å². The number of aryl methyl sites for hydroxylation is 1. The van der Waals surface area contributed by atoms with Crippen LogP contribution in [0, 0.1) is 29.4 Å². The first-order chi connectivity index (χ1) is 21.6. The second-order valence-corrected chi connectivity index (χ2v) is 14.8. The molecule has 0 nitrogen and oxygen atoms in total. The predicted octanol–water partition coefficient (Wildman–Crippen LogP) is 13.5. The van der Waals surface area contributed by atoms with Crippen LogP contribution in [0.25, 0.3) is 5.57 Å². The van der Waals surface area contributed by atoms with Crippen LogP contribution in [0.15, 0.2) is 42.5 Å². The number of unbranched alkanes of at least 4 members (excludes halogenated alkanes) is 6. The minimum atomic E-state index is -0.0556. The van der Waals surface area contributed by atoms with Gasteiger partial charge in [0.15, 0.2) is 0 Å². The van der Waals surface area contributed by atoms with Crippen molar-refractivity contribution >= 4 is 5.57 Å². The zero-order chi connectivity index (χ0) is 30.7. The molecule has 0 aromatic heterocycles. The molecule has 5 rings (SSSR count). The summed E-state index contributed by atoms with van der Waals surface area (Å²) in [6.45, 7) is 4.48. The van der Waals surface area contributed by atoms with Crippen LogP contribution in [0.1, 0.15) is 176 Å². The lowest BCUT2D eigenvalue weighted by Crippen LogP contribution is -2.25. The first kappa shape index (κ1) is 33.4. The van der Waals surface area contributed by atoms with Crippen LogP contribution in [-0.4, -0.2) is 0 Å². The van der Waals surface area contributed by atoms with E-state index in [1.54, 1.807) is 6.07 Å². The molecule has 0 bridgehead atoms. The third kappa shape index (κ3) is 9.07.